The number of amides is 4. The molecule has 0 radical (unpaired) electrons. The van der Waals surface area contributed by atoms with E-state index in [0.29, 0.717) is 60.4 Å². The molecule has 1 saturated carbocycles. The molecule has 6 aromatic rings. The number of benzene rings is 4. The summed E-state index contributed by atoms with van der Waals surface area (Å²) >= 11 is 0. The first-order valence-corrected chi connectivity index (χ1v) is 25.3. The highest BCUT2D eigenvalue weighted by molar-refractivity contribution is 6.05. The van der Waals surface area contributed by atoms with E-state index in [1.54, 1.807) is 4.90 Å². The Morgan fingerprint density at radius 1 is 0.803 bits per heavy atom. The number of pyridine rings is 1. The van der Waals surface area contributed by atoms with E-state index in [2.05, 4.69) is 85.5 Å². The predicted molar refractivity (Wildman–Crippen MR) is 272 cm³/mol. The molecule has 12 rings (SSSR count). The van der Waals surface area contributed by atoms with Gasteiger partial charge in [0.05, 0.1) is 24.3 Å². The van der Waals surface area contributed by atoms with Crippen LogP contribution >= 0.6 is 0 Å². The Kier molecular flexibility index (Phi) is 11.9. The summed E-state index contributed by atoms with van der Waals surface area (Å²) in [6, 6.07) is 32.3. The molecular weight excluding hydrogens is 885 g/mol. The van der Waals surface area contributed by atoms with Crippen molar-refractivity contribution in [3.05, 3.63) is 160 Å². The van der Waals surface area contributed by atoms with Crippen LogP contribution in [0.25, 0.3) is 34.4 Å². The minimum atomic E-state index is -0.577. The minimum absolute atomic E-state index is 0.000960. The van der Waals surface area contributed by atoms with Gasteiger partial charge in [-0.2, -0.15) is 0 Å². The number of para-hydroxylation sites is 1. The number of hydrogen-bond acceptors (Lipinski definition) is 9. The van der Waals surface area contributed by atoms with Crippen LogP contribution in [0.2, 0.25) is 0 Å². The van der Waals surface area contributed by atoms with E-state index in [4.69, 9.17) is 4.98 Å². The number of likely N-dealkylation sites (tertiary alicyclic amines) is 2. The highest BCUT2D eigenvalue weighted by Gasteiger charge is 2.53. The quantitative estimate of drug-likeness (QED) is 0.0885. The van der Waals surface area contributed by atoms with Crippen molar-refractivity contribution >= 4 is 46.7 Å². The number of rotatable bonds is 9. The molecule has 2 aromatic heterocycles. The summed E-state index contributed by atoms with van der Waals surface area (Å²) in [7, 11) is 0. The number of hydrogen-bond donors (Lipinski definition) is 1. The zero-order chi connectivity index (χ0) is 48.1. The van der Waals surface area contributed by atoms with Crippen molar-refractivity contribution in [1.29, 1.82) is 0 Å². The second-order valence-electron chi connectivity index (χ2n) is 20.7. The Morgan fingerprint density at radius 3 is 2.37 bits per heavy atom. The van der Waals surface area contributed by atoms with Crippen LogP contribution in [0, 0.1) is 23.2 Å². The van der Waals surface area contributed by atoms with Gasteiger partial charge in [-0.1, -0.05) is 78.6 Å². The molecule has 7 heterocycles. The number of aromatic nitrogens is 3. The van der Waals surface area contributed by atoms with E-state index in [1.165, 1.54) is 44.3 Å². The molecule has 4 fully saturated rings. The number of nitrogens with zero attached hydrogens (tertiary/aromatic N) is 7. The second kappa shape index (κ2) is 18.8. The fourth-order valence-corrected chi connectivity index (χ4v) is 12.1. The summed E-state index contributed by atoms with van der Waals surface area (Å²) in [5.41, 5.74) is 11.0. The number of fused-ring (bicyclic) bond motifs is 3. The van der Waals surface area contributed by atoms with Gasteiger partial charge >= 0.3 is 0 Å². The van der Waals surface area contributed by atoms with Gasteiger partial charge in [0.25, 0.3) is 11.8 Å². The van der Waals surface area contributed by atoms with Crippen LogP contribution in [0.5, 0.6) is 0 Å². The third-order valence-electron chi connectivity index (χ3n) is 15.9. The van der Waals surface area contributed by atoms with Gasteiger partial charge < -0.3 is 9.80 Å². The van der Waals surface area contributed by atoms with E-state index in [-0.39, 0.29) is 30.0 Å². The second-order valence-corrected chi connectivity index (χ2v) is 20.7. The normalized spacial score (nSPS) is 20.3. The average Bonchev–Trinajstić information content (AvgIpc) is 3.72. The van der Waals surface area contributed by atoms with Gasteiger partial charge in [0.1, 0.15) is 6.04 Å². The van der Waals surface area contributed by atoms with Crippen LogP contribution in [0.15, 0.2) is 109 Å². The third-order valence-corrected chi connectivity index (χ3v) is 15.9. The summed E-state index contributed by atoms with van der Waals surface area (Å²) < 4.78 is 0. The molecule has 1 unspecified atom stereocenters. The SMILES string of the molecule is O=C1CCC(N2Cc3c(CC4CC5(C4)CN(C4CCN(CC#Cc6ccc(/C=C/c7ccc(C(=O)N8CCc9cnc(-c%10cnc%11ccccc%11c%10)nc9C8)cc7)cc6)CC4)C5)cccc3C2=O)C(=O)N1. The zero-order valence-electron chi connectivity index (χ0n) is 39.9. The van der Waals surface area contributed by atoms with E-state index in [9.17, 15) is 19.2 Å². The Balaban J connectivity index is 0.566. The first-order chi connectivity index (χ1) is 34.7. The lowest BCUT2D eigenvalue weighted by molar-refractivity contribution is -0.136. The summed E-state index contributed by atoms with van der Waals surface area (Å²) in [4.78, 5) is 74.1. The van der Waals surface area contributed by atoms with Gasteiger partial charge in [-0.25, -0.2) is 9.97 Å². The van der Waals surface area contributed by atoms with E-state index in [0.717, 1.165) is 82.5 Å². The van der Waals surface area contributed by atoms with Crippen LogP contribution in [0.1, 0.15) is 98.3 Å². The number of nitrogens with one attached hydrogen (secondary N) is 1. The number of carbonyl (C=O) groups excluding carboxylic acids is 4. The molecular formula is C59H56N8O4. The number of piperidine rings is 2. The molecule has 3 saturated heterocycles. The standard InChI is InChI=1S/C59H56N8O4/c68-54-21-20-53(56(69)63-54)67-35-50-44(7-3-8-49(50)58(67)71)29-42-31-59(32-42)37-66(38-59)48-23-26-64(27-24-48)25-4-5-39-10-12-40(13-11-39)14-15-41-16-18-43(19-17-41)57(70)65-28-22-46-33-61-55(62-52(46)36-65)47-30-45-6-1-2-9-51(45)60-34-47/h1-3,6-19,30,33-34,42,48,53H,20-29,31-32,35-38H2,(H,63,68,69)/b15-14+. The topological polar surface area (TPSA) is 132 Å². The highest BCUT2D eigenvalue weighted by atomic mass is 16.2. The molecule has 0 bridgehead atoms. The van der Waals surface area contributed by atoms with Crippen molar-refractivity contribution in [3.63, 3.8) is 0 Å². The molecule has 71 heavy (non-hydrogen) atoms. The van der Waals surface area contributed by atoms with E-state index < -0.39 is 6.04 Å². The lowest BCUT2D eigenvalue weighted by Gasteiger charge is -2.62. The van der Waals surface area contributed by atoms with Crippen molar-refractivity contribution in [2.24, 2.45) is 11.3 Å². The highest BCUT2D eigenvalue weighted by Crippen LogP contribution is 2.54. The van der Waals surface area contributed by atoms with Gasteiger partial charge in [0.15, 0.2) is 5.82 Å². The molecule has 12 heteroatoms. The first kappa shape index (κ1) is 44.8. The van der Waals surface area contributed by atoms with E-state index in [1.807, 2.05) is 78.0 Å². The van der Waals surface area contributed by atoms with Crippen LogP contribution in [0.4, 0.5) is 0 Å². The minimum Gasteiger partial charge on any atom is -0.332 e. The number of imide groups is 1. The maximum absolute atomic E-state index is 13.6. The van der Waals surface area contributed by atoms with Crippen molar-refractivity contribution < 1.29 is 19.2 Å². The van der Waals surface area contributed by atoms with Gasteiger partial charge in [0.2, 0.25) is 11.8 Å². The van der Waals surface area contributed by atoms with Gasteiger partial charge in [0, 0.05) is 91.8 Å². The molecule has 4 aromatic carbocycles. The summed E-state index contributed by atoms with van der Waals surface area (Å²) in [6.07, 6.45) is 15.1. The molecule has 1 aliphatic carbocycles. The summed E-state index contributed by atoms with van der Waals surface area (Å²) in [5, 5.41) is 3.45. The van der Waals surface area contributed by atoms with Crippen LogP contribution in [-0.4, -0.2) is 110 Å². The lowest BCUT2D eigenvalue weighted by Crippen LogP contribution is -2.66. The monoisotopic (exact) mass is 940 g/mol. The predicted octanol–water partition coefficient (Wildman–Crippen LogP) is 7.59. The maximum Gasteiger partial charge on any atom is 0.255 e. The Hall–Kier alpha value is -7.33. The van der Waals surface area contributed by atoms with Crippen molar-refractivity contribution in [2.45, 2.75) is 76.5 Å². The molecule has 12 nitrogen and oxygen atoms in total. The van der Waals surface area contributed by atoms with Crippen LogP contribution < -0.4 is 5.32 Å². The molecule has 4 amide bonds. The molecule has 1 N–H and O–H groups in total. The zero-order valence-corrected chi connectivity index (χ0v) is 39.9. The molecule has 6 aliphatic rings. The molecule has 5 aliphatic heterocycles. The summed E-state index contributed by atoms with van der Waals surface area (Å²) in [5.74, 6) is 7.34. The molecule has 1 spiro atoms. The average molecular weight is 941 g/mol. The van der Waals surface area contributed by atoms with Gasteiger partial charge in [-0.3, -0.25) is 39.3 Å². The maximum atomic E-state index is 13.6. The smallest absolute Gasteiger partial charge is 0.255 e. The van der Waals surface area contributed by atoms with Crippen molar-refractivity contribution in [1.82, 2.24) is 39.9 Å². The number of carbonyl (C=O) groups is 4. The van der Waals surface area contributed by atoms with Crippen molar-refractivity contribution in [3.8, 4) is 23.2 Å². The fraction of sp³-hybridized carbons (Fsp3) is 0.339. The largest absolute Gasteiger partial charge is 0.332 e. The molecule has 356 valence electrons. The first-order valence-electron chi connectivity index (χ1n) is 25.3. The lowest BCUT2D eigenvalue weighted by atomic mass is 9.56. The van der Waals surface area contributed by atoms with Gasteiger partial charge in [-0.05, 0) is 127 Å². The Bertz CT molecular complexity index is 3170. The van der Waals surface area contributed by atoms with Crippen LogP contribution in [0.3, 0.4) is 0 Å². The Labute approximate surface area is 414 Å². The Morgan fingerprint density at radius 2 is 1.58 bits per heavy atom. The van der Waals surface area contributed by atoms with Crippen LogP contribution in [-0.2, 0) is 35.5 Å². The molecule has 1 atom stereocenters. The van der Waals surface area contributed by atoms with Gasteiger partial charge in [-0.15, -0.1) is 0 Å². The fourth-order valence-electron chi connectivity index (χ4n) is 12.1. The van der Waals surface area contributed by atoms with Crippen molar-refractivity contribution in [2.75, 3.05) is 39.3 Å². The van der Waals surface area contributed by atoms with E-state index >= 15 is 0 Å². The third kappa shape index (κ3) is 9.16. The summed E-state index contributed by atoms with van der Waals surface area (Å²) in [6.45, 7) is 6.84.